The summed E-state index contributed by atoms with van der Waals surface area (Å²) in [5, 5.41) is 2.36. The van der Waals surface area contributed by atoms with E-state index in [1.165, 1.54) is 93.7 Å². The summed E-state index contributed by atoms with van der Waals surface area (Å²) in [6.07, 6.45) is 9.39. The Bertz CT molecular complexity index is 2370. The Hall–Kier alpha value is -3.95. The number of hydrogen-bond donors (Lipinski definition) is 0. The number of benzene rings is 5. The molecule has 0 atom stereocenters. The molecule has 5 aliphatic carbocycles. The molecule has 6 aliphatic rings. The van der Waals surface area contributed by atoms with Gasteiger partial charge in [-0.15, -0.1) is 0 Å². The third kappa shape index (κ3) is 4.19. The summed E-state index contributed by atoms with van der Waals surface area (Å²) < 4.78 is 6.39. The van der Waals surface area contributed by atoms with E-state index in [2.05, 4.69) is 136 Å². The molecule has 0 amide bonds. The van der Waals surface area contributed by atoms with E-state index in [0.717, 1.165) is 34.8 Å². The highest BCUT2D eigenvalue weighted by Crippen LogP contribution is 2.70. The standard InChI is InChI=1S/C48H47NOS/c1-46(2)21-22-47(3,4)44-37(46)13-9-15-39(44)49(33-19-20-42-35(28-33)34-11-5-7-17-41(34)50-42)40-16-10-14-38-45(40)51-43-18-8-6-12-36(43)48(38)31-24-29-23-30(26-31)27-32(48)25-29/h5-20,28-32H,21-27H2,1-4H3. The molecule has 0 N–H and O–H groups in total. The molecule has 256 valence electrons. The Balaban J connectivity index is 1.21. The lowest BCUT2D eigenvalue weighted by Gasteiger charge is -2.63. The van der Waals surface area contributed by atoms with Crippen LogP contribution in [0.3, 0.4) is 0 Å². The molecule has 4 saturated carbocycles. The summed E-state index contributed by atoms with van der Waals surface area (Å²) in [7, 11) is 0. The second-order valence-corrected chi connectivity index (χ2v) is 19.1. The second kappa shape index (κ2) is 10.6. The minimum Gasteiger partial charge on any atom is -0.456 e. The molecule has 1 aliphatic heterocycles. The van der Waals surface area contributed by atoms with E-state index in [-0.39, 0.29) is 16.2 Å². The number of furan rings is 1. The highest BCUT2D eigenvalue weighted by Gasteiger charge is 2.61. The molecule has 51 heavy (non-hydrogen) atoms. The minimum absolute atomic E-state index is 0.0450. The molecule has 12 rings (SSSR count). The lowest BCUT2D eigenvalue weighted by molar-refractivity contribution is -0.0443. The molecule has 1 spiro atoms. The first-order valence-corrected chi connectivity index (χ1v) is 20.3. The summed E-state index contributed by atoms with van der Waals surface area (Å²) in [5.41, 5.74) is 12.2. The van der Waals surface area contributed by atoms with Crippen LogP contribution >= 0.6 is 11.8 Å². The smallest absolute Gasteiger partial charge is 0.135 e. The quantitative estimate of drug-likeness (QED) is 0.184. The maximum Gasteiger partial charge on any atom is 0.135 e. The van der Waals surface area contributed by atoms with Crippen molar-refractivity contribution >= 4 is 50.8 Å². The summed E-state index contributed by atoms with van der Waals surface area (Å²) in [4.78, 5) is 5.59. The Kier molecular flexibility index (Phi) is 6.35. The van der Waals surface area contributed by atoms with E-state index < -0.39 is 0 Å². The zero-order chi connectivity index (χ0) is 34.3. The molecule has 1 aromatic heterocycles. The molecule has 0 unspecified atom stereocenters. The first kappa shape index (κ1) is 30.7. The number of para-hydroxylation sites is 1. The van der Waals surface area contributed by atoms with Gasteiger partial charge in [0.1, 0.15) is 11.2 Å². The minimum atomic E-state index is 0.0450. The maximum absolute atomic E-state index is 6.39. The van der Waals surface area contributed by atoms with E-state index in [4.69, 9.17) is 4.42 Å². The average molecular weight is 686 g/mol. The summed E-state index contributed by atoms with van der Waals surface area (Å²) in [6.45, 7) is 9.85. The topological polar surface area (TPSA) is 16.4 Å². The molecular formula is C48H47NOS. The largest absolute Gasteiger partial charge is 0.456 e. The number of anilines is 3. The van der Waals surface area contributed by atoms with Gasteiger partial charge < -0.3 is 9.32 Å². The predicted octanol–water partition coefficient (Wildman–Crippen LogP) is 13.6. The van der Waals surface area contributed by atoms with Gasteiger partial charge in [0.2, 0.25) is 0 Å². The van der Waals surface area contributed by atoms with E-state index in [9.17, 15) is 0 Å². The monoisotopic (exact) mass is 685 g/mol. The van der Waals surface area contributed by atoms with Crippen molar-refractivity contribution < 1.29 is 4.42 Å². The third-order valence-electron chi connectivity index (χ3n) is 14.3. The molecule has 6 aromatic rings. The Labute approximate surface area is 306 Å². The van der Waals surface area contributed by atoms with Crippen molar-refractivity contribution in [2.24, 2.45) is 23.7 Å². The fraction of sp³-hybridized carbons (Fsp3) is 0.375. The number of rotatable bonds is 3. The fourth-order valence-corrected chi connectivity index (χ4v) is 13.6. The Morgan fingerprint density at radius 3 is 2.04 bits per heavy atom. The van der Waals surface area contributed by atoms with Crippen molar-refractivity contribution in [2.75, 3.05) is 4.90 Å². The normalized spacial score (nSPS) is 27.8. The van der Waals surface area contributed by atoms with E-state index in [1.807, 2.05) is 11.8 Å². The zero-order valence-corrected chi connectivity index (χ0v) is 31.2. The summed E-state index contributed by atoms with van der Waals surface area (Å²) in [6, 6.07) is 39.5. The molecule has 0 saturated heterocycles. The van der Waals surface area contributed by atoms with Crippen LogP contribution in [0.5, 0.6) is 0 Å². The van der Waals surface area contributed by atoms with Gasteiger partial charge in [0.25, 0.3) is 0 Å². The molecule has 0 radical (unpaired) electrons. The molecule has 3 heteroatoms. The van der Waals surface area contributed by atoms with Gasteiger partial charge in [0, 0.05) is 31.7 Å². The first-order valence-electron chi connectivity index (χ1n) is 19.5. The maximum atomic E-state index is 6.39. The van der Waals surface area contributed by atoms with Crippen molar-refractivity contribution in [3.05, 3.63) is 125 Å². The van der Waals surface area contributed by atoms with Gasteiger partial charge in [0.05, 0.1) is 11.4 Å². The molecular weight excluding hydrogens is 639 g/mol. The number of nitrogens with zero attached hydrogens (tertiary/aromatic N) is 1. The molecule has 4 fully saturated rings. The van der Waals surface area contributed by atoms with Crippen molar-refractivity contribution in [3.8, 4) is 0 Å². The van der Waals surface area contributed by atoms with Crippen molar-refractivity contribution in [1.29, 1.82) is 0 Å². The van der Waals surface area contributed by atoms with Crippen LogP contribution in [0.2, 0.25) is 0 Å². The number of hydrogen-bond acceptors (Lipinski definition) is 3. The summed E-state index contributed by atoms with van der Waals surface area (Å²) >= 11 is 2.03. The SMILES string of the molecule is CC1(C)CCC(C)(C)c2c(N(c3ccc4oc5ccccc5c4c3)c3cccc4c3Sc3ccccc3C43C4CC5CC(C4)CC3C5)cccc21. The predicted molar refractivity (Wildman–Crippen MR) is 212 cm³/mol. The Morgan fingerprint density at radius 2 is 1.24 bits per heavy atom. The third-order valence-corrected chi connectivity index (χ3v) is 15.5. The fourth-order valence-electron chi connectivity index (χ4n) is 12.2. The molecule has 2 heterocycles. The van der Waals surface area contributed by atoms with Gasteiger partial charge in [-0.25, -0.2) is 0 Å². The van der Waals surface area contributed by atoms with Crippen LogP contribution in [0, 0.1) is 23.7 Å². The van der Waals surface area contributed by atoms with Crippen LogP contribution in [0.15, 0.2) is 117 Å². The highest BCUT2D eigenvalue weighted by atomic mass is 32.2. The van der Waals surface area contributed by atoms with Crippen LogP contribution in [0.25, 0.3) is 21.9 Å². The average Bonchev–Trinajstić information content (AvgIpc) is 3.50. The molecule has 2 nitrogen and oxygen atoms in total. The van der Waals surface area contributed by atoms with Gasteiger partial charge >= 0.3 is 0 Å². The van der Waals surface area contributed by atoms with Crippen LogP contribution in [0.4, 0.5) is 17.1 Å². The van der Waals surface area contributed by atoms with Gasteiger partial charge in [0.15, 0.2) is 0 Å². The first-order chi connectivity index (χ1) is 24.7. The van der Waals surface area contributed by atoms with E-state index in [0.29, 0.717) is 0 Å². The van der Waals surface area contributed by atoms with Crippen LogP contribution in [0.1, 0.15) is 94.9 Å². The van der Waals surface area contributed by atoms with Gasteiger partial charge in [-0.1, -0.05) is 100 Å². The zero-order valence-electron chi connectivity index (χ0n) is 30.3. The van der Waals surface area contributed by atoms with Crippen LogP contribution in [-0.2, 0) is 16.2 Å². The highest BCUT2D eigenvalue weighted by molar-refractivity contribution is 7.99. The number of fused-ring (bicyclic) bond motifs is 6. The molecule has 4 bridgehead atoms. The lowest BCUT2D eigenvalue weighted by Crippen LogP contribution is -2.57. The van der Waals surface area contributed by atoms with Crippen LogP contribution in [-0.4, -0.2) is 0 Å². The van der Waals surface area contributed by atoms with Crippen molar-refractivity contribution in [3.63, 3.8) is 0 Å². The van der Waals surface area contributed by atoms with Gasteiger partial charge in [-0.2, -0.15) is 0 Å². The van der Waals surface area contributed by atoms with Crippen molar-refractivity contribution in [1.82, 2.24) is 0 Å². The molecule has 5 aromatic carbocycles. The van der Waals surface area contributed by atoms with Gasteiger partial charge in [-0.3, -0.25) is 0 Å². The van der Waals surface area contributed by atoms with Crippen molar-refractivity contribution in [2.45, 2.75) is 98.7 Å². The van der Waals surface area contributed by atoms with Crippen LogP contribution < -0.4 is 4.90 Å². The summed E-state index contributed by atoms with van der Waals surface area (Å²) in [5.74, 6) is 3.27. The lowest BCUT2D eigenvalue weighted by atomic mass is 9.42. The van der Waals surface area contributed by atoms with Gasteiger partial charge in [-0.05, 0) is 144 Å². The van der Waals surface area contributed by atoms with E-state index >= 15 is 0 Å². The Morgan fingerprint density at radius 1 is 0.588 bits per heavy atom. The second-order valence-electron chi connectivity index (χ2n) is 18.0. The van der Waals surface area contributed by atoms with E-state index in [1.54, 1.807) is 11.1 Å².